The van der Waals surface area contributed by atoms with Crippen molar-refractivity contribution in [1.82, 2.24) is 0 Å². The average molecular weight is 421 g/mol. The zero-order valence-corrected chi connectivity index (χ0v) is 17.3. The second-order valence-electron chi connectivity index (χ2n) is 7.70. The van der Waals surface area contributed by atoms with Gasteiger partial charge in [0.15, 0.2) is 0 Å². The monoisotopic (exact) mass is 420 g/mol. The van der Waals surface area contributed by atoms with Crippen molar-refractivity contribution in [3.05, 3.63) is 108 Å². The number of hydrogen-bond donors (Lipinski definition) is 2. The van der Waals surface area contributed by atoms with Crippen molar-refractivity contribution in [2.45, 2.75) is 43.7 Å². The van der Waals surface area contributed by atoms with Gasteiger partial charge in [-0.3, -0.25) is 0 Å². The molecule has 1 aliphatic heterocycles. The van der Waals surface area contributed by atoms with Crippen molar-refractivity contribution in [2.75, 3.05) is 6.61 Å². The molecule has 0 saturated carbocycles. The van der Waals surface area contributed by atoms with Gasteiger partial charge in [0, 0.05) is 0 Å². The first-order chi connectivity index (χ1) is 15.3. The van der Waals surface area contributed by atoms with Gasteiger partial charge in [0.1, 0.15) is 30.5 Å². The minimum absolute atomic E-state index is 0.357. The lowest BCUT2D eigenvalue weighted by Crippen LogP contribution is -2.43. The topological polar surface area (TPSA) is 68.2 Å². The Labute approximate surface area is 182 Å². The largest absolute Gasteiger partial charge is 0.394 e. The lowest BCUT2D eigenvalue weighted by atomic mass is 9.99. The average Bonchev–Trinajstić information content (AvgIpc) is 3.21. The Morgan fingerprint density at radius 1 is 0.710 bits per heavy atom. The van der Waals surface area contributed by atoms with Gasteiger partial charge in [0.2, 0.25) is 0 Å². The lowest BCUT2D eigenvalue weighted by molar-refractivity contribution is -0.108. The van der Waals surface area contributed by atoms with E-state index in [4.69, 9.17) is 14.2 Å². The molecule has 0 spiro atoms. The van der Waals surface area contributed by atoms with Gasteiger partial charge in [-0.15, -0.1) is 0 Å². The summed E-state index contributed by atoms with van der Waals surface area (Å²) in [5.74, 6) is 0. The maximum Gasteiger partial charge on any atom is 0.117 e. The molecular weight excluding hydrogens is 392 g/mol. The smallest absolute Gasteiger partial charge is 0.117 e. The minimum Gasteiger partial charge on any atom is -0.394 e. The molecule has 4 rings (SSSR count). The first-order valence-corrected chi connectivity index (χ1v) is 10.6. The van der Waals surface area contributed by atoms with Gasteiger partial charge in [-0.05, 0) is 16.7 Å². The number of hydrogen-bond acceptors (Lipinski definition) is 5. The fourth-order valence-electron chi connectivity index (χ4n) is 3.91. The molecule has 1 aliphatic rings. The summed E-state index contributed by atoms with van der Waals surface area (Å²) in [6, 6.07) is 29.6. The Kier molecular flexibility index (Phi) is 7.46. The van der Waals surface area contributed by atoms with Gasteiger partial charge in [-0.2, -0.15) is 0 Å². The molecule has 31 heavy (non-hydrogen) atoms. The van der Waals surface area contributed by atoms with Gasteiger partial charge in [0.05, 0.1) is 19.8 Å². The van der Waals surface area contributed by atoms with E-state index in [9.17, 15) is 10.2 Å². The zero-order chi connectivity index (χ0) is 21.5. The number of benzene rings is 3. The van der Waals surface area contributed by atoms with E-state index in [1.165, 1.54) is 0 Å². The molecule has 0 aromatic heterocycles. The van der Waals surface area contributed by atoms with Crippen molar-refractivity contribution in [2.24, 2.45) is 0 Å². The highest BCUT2D eigenvalue weighted by atomic mass is 16.6. The molecule has 3 aromatic carbocycles. The second-order valence-corrected chi connectivity index (χ2v) is 7.70. The summed E-state index contributed by atoms with van der Waals surface area (Å²) in [7, 11) is 0. The normalized spacial score (nSPS) is 24.2. The maximum atomic E-state index is 10.5. The van der Waals surface area contributed by atoms with Crippen molar-refractivity contribution in [3.8, 4) is 0 Å². The highest BCUT2D eigenvalue weighted by Gasteiger charge is 2.49. The van der Waals surface area contributed by atoms with Crippen LogP contribution in [-0.4, -0.2) is 41.2 Å². The van der Waals surface area contributed by atoms with Crippen LogP contribution in [0.25, 0.3) is 0 Å². The van der Waals surface area contributed by atoms with Crippen molar-refractivity contribution in [1.29, 1.82) is 0 Å². The molecule has 0 radical (unpaired) electrons. The van der Waals surface area contributed by atoms with Crippen molar-refractivity contribution >= 4 is 0 Å². The van der Waals surface area contributed by atoms with Crippen LogP contribution in [-0.2, 0) is 27.4 Å². The summed E-state index contributed by atoms with van der Waals surface area (Å²) >= 11 is 0. The Hall–Kier alpha value is -2.54. The van der Waals surface area contributed by atoms with E-state index in [2.05, 4.69) is 0 Å². The lowest BCUT2D eigenvalue weighted by Gasteiger charge is -2.26. The fourth-order valence-corrected chi connectivity index (χ4v) is 3.91. The van der Waals surface area contributed by atoms with Gasteiger partial charge in [-0.25, -0.2) is 0 Å². The third-order valence-electron chi connectivity index (χ3n) is 5.51. The molecule has 1 fully saturated rings. The summed E-state index contributed by atoms with van der Waals surface area (Å²) < 4.78 is 18.8. The minimum atomic E-state index is -1.07. The summed E-state index contributed by atoms with van der Waals surface area (Å²) in [5, 5.41) is 20.1. The molecule has 1 heterocycles. The fraction of sp³-hybridized carbons (Fsp3) is 0.308. The van der Waals surface area contributed by atoms with Crippen LogP contribution in [0, 0.1) is 0 Å². The first-order valence-electron chi connectivity index (χ1n) is 10.6. The van der Waals surface area contributed by atoms with E-state index in [0.717, 1.165) is 16.7 Å². The summed E-state index contributed by atoms with van der Waals surface area (Å²) in [6.07, 6.45) is -3.19. The quantitative estimate of drug-likeness (QED) is 0.553. The highest BCUT2D eigenvalue weighted by molar-refractivity contribution is 5.22. The molecule has 5 heteroatoms. The molecule has 0 bridgehead atoms. The molecule has 0 amide bonds. The SMILES string of the molecule is OC[C@H](O)[C@H]1O[C@@H](c2ccccc2)[C@H](OCc2ccccc2)[C@H]1OCc1ccccc1. The van der Waals surface area contributed by atoms with Gasteiger partial charge >= 0.3 is 0 Å². The molecule has 162 valence electrons. The van der Waals surface area contributed by atoms with E-state index in [-0.39, 0.29) is 0 Å². The Morgan fingerprint density at radius 2 is 1.19 bits per heavy atom. The van der Waals surface area contributed by atoms with Crippen LogP contribution >= 0.6 is 0 Å². The van der Waals surface area contributed by atoms with Gasteiger partial charge < -0.3 is 24.4 Å². The van der Waals surface area contributed by atoms with Crippen LogP contribution in [0.15, 0.2) is 91.0 Å². The second kappa shape index (κ2) is 10.7. The van der Waals surface area contributed by atoms with Crippen LogP contribution in [0.5, 0.6) is 0 Å². The highest BCUT2D eigenvalue weighted by Crippen LogP contribution is 2.39. The summed E-state index contributed by atoms with van der Waals surface area (Å²) in [4.78, 5) is 0. The Balaban J connectivity index is 1.59. The predicted molar refractivity (Wildman–Crippen MR) is 117 cm³/mol. The molecule has 2 N–H and O–H groups in total. The number of rotatable bonds is 9. The Bertz CT molecular complexity index is 903. The van der Waals surface area contributed by atoms with Gasteiger partial charge in [0.25, 0.3) is 0 Å². The molecule has 0 unspecified atom stereocenters. The summed E-state index contributed by atoms with van der Waals surface area (Å²) in [5.41, 5.74) is 3.01. The molecule has 0 aliphatic carbocycles. The number of aliphatic hydroxyl groups excluding tert-OH is 2. The number of aliphatic hydroxyl groups is 2. The van der Waals surface area contributed by atoms with Crippen molar-refractivity contribution < 1.29 is 24.4 Å². The predicted octanol–water partition coefficient (Wildman–Crippen LogP) is 3.65. The summed E-state index contributed by atoms with van der Waals surface area (Å²) in [6.45, 7) is 0.338. The van der Waals surface area contributed by atoms with Crippen LogP contribution < -0.4 is 0 Å². The van der Waals surface area contributed by atoms with E-state index >= 15 is 0 Å². The van der Waals surface area contributed by atoms with Crippen LogP contribution in [0.3, 0.4) is 0 Å². The molecule has 1 saturated heterocycles. The molecule has 3 aromatic rings. The third-order valence-corrected chi connectivity index (χ3v) is 5.51. The first kappa shape index (κ1) is 21.7. The van der Waals surface area contributed by atoms with Crippen LogP contribution in [0.2, 0.25) is 0 Å². The van der Waals surface area contributed by atoms with Gasteiger partial charge in [-0.1, -0.05) is 91.0 Å². The van der Waals surface area contributed by atoms with Crippen molar-refractivity contribution in [3.63, 3.8) is 0 Å². The van der Waals surface area contributed by atoms with E-state index in [1.807, 2.05) is 91.0 Å². The molecule has 5 nitrogen and oxygen atoms in total. The Morgan fingerprint density at radius 3 is 1.71 bits per heavy atom. The van der Waals surface area contributed by atoms with E-state index in [1.54, 1.807) is 0 Å². The van der Waals surface area contributed by atoms with Crippen LogP contribution in [0.4, 0.5) is 0 Å². The zero-order valence-electron chi connectivity index (χ0n) is 17.3. The third kappa shape index (κ3) is 5.39. The van der Waals surface area contributed by atoms with E-state index in [0.29, 0.717) is 13.2 Å². The van der Waals surface area contributed by atoms with Crippen LogP contribution in [0.1, 0.15) is 22.8 Å². The standard InChI is InChI=1S/C26H28O5/c27-16-22(28)24-26(30-18-20-12-6-2-7-13-20)25(29-17-19-10-4-1-5-11-19)23(31-24)21-14-8-3-9-15-21/h1-15,22-28H,16-18H2/t22-,23-,24+,25-,26-/m0/s1. The van der Waals surface area contributed by atoms with E-state index < -0.39 is 37.1 Å². The maximum absolute atomic E-state index is 10.5. The molecule has 5 atom stereocenters. The number of ether oxygens (including phenoxy) is 3. The molecular formula is C26H28O5.